The molecule has 3 N–H and O–H groups in total. The van der Waals surface area contributed by atoms with Gasteiger partial charge in [0.2, 0.25) is 10.0 Å². The number of anilines is 3. The van der Waals surface area contributed by atoms with E-state index in [0.717, 1.165) is 17.2 Å². The van der Waals surface area contributed by atoms with Crippen LogP contribution in [0.15, 0.2) is 36.4 Å². The number of carbonyl (C=O) groups is 2. The number of nitrogens with zero attached hydrogens (tertiary/aromatic N) is 2. The SMILES string of the molecule is COc1c(NC(=O)c2cc3cccc(NC(=O)N4CCOCC4)c3n2C)cc(C(C)(C)C)cc1NS(C)(=O)=O. The molecule has 0 spiro atoms. The minimum absolute atomic E-state index is 0.194. The third kappa shape index (κ3) is 6.28. The summed E-state index contributed by atoms with van der Waals surface area (Å²) in [6.07, 6.45) is 1.05. The predicted octanol–water partition coefficient (Wildman–Crippen LogP) is 3.97. The molecule has 0 radical (unpaired) electrons. The third-order valence-corrected chi connectivity index (χ3v) is 7.12. The first-order chi connectivity index (χ1) is 18.3. The molecule has 0 unspecified atom stereocenters. The standard InChI is InChI=1S/C27H35N5O6S/c1-27(2,3)18-15-20(24(37-5)21(16-18)30-39(6,35)36)28-25(33)22-14-17-8-7-9-19(23(17)31(22)4)29-26(34)32-10-12-38-13-11-32/h7-9,14-16,30H,10-13H2,1-6H3,(H,28,33)(H,29,34). The highest BCUT2D eigenvalue weighted by molar-refractivity contribution is 7.92. The molecule has 1 aliphatic rings. The van der Waals surface area contributed by atoms with E-state index in [0.29, 0.717) is 48.9 Å². The predicted molar refractivity (Wildman–Crippen MR) is 152 cm³/mol. The van der Waals surface area contributed by atoms with Crippen molar-refractivity contribution in [1.29, 1.82) is 0 Å². The lowest BCUT2D eigenvalue weighted by molar-refractivity contribution is 0.0565. The Labute approximate surface area is 228 Å². The van der Waals surface area contributed by atoms with Crippen LogP contribution >= 0.6 is 0 Å². The van der Waals surface area contributed by atoms with Crippen molar-refractivity contribution in [3.8, 4) is 5.75 Å². The Balaban J connectivity index is 1.70. The van der Waals surface area contributed by atoms with Crippen molar-refractivity contribution in [2.24, 2.45) is 7.05 Å². The molecule has 1 saturated heterocycles. The fourth-order valence-corrected chi connectivity index (χ4v) is 5.08. The van der Waals surface area contributed by atoms with E-state index in [1.807, 2.05) is 32.9 Å². The number of hydrogen-bond donors (Lipinski definition) is 3. The number of hydrogen-bond acceptors (Lipinski definition) is 6. The molecule has 4 rings (SSSR count). The highest BCUT2D eigenvalue weighted by Crippen LogP contribution is 2.39. The maximum atomic E-state index is 13.6. The van der Waals surface area contributed by atoms with Crippen molar-refractivity contribution in [3.05, 3.63) is 47.7 Å². The Kier molecular flexibility index (Phi) is 7.80. The Bertz CT molecular complexity index is 1520. The Hall–Kier alpha value is -3.77. The summed E-state index contributed by atoms with van der Waals surface area (Å²) in [7, 11) is -0.445. The number of fused-ring (bicyclic) bond motifs is 1. The van der Waals surface area contributed by atoms with Crippen molar-refractivity contribution in [2.45, 2.75) is 26.2 Å². The van der Waals surface area contributed by atoms with Crippen molar-refractivity contribution < 1.29 is 27.5 Å². The maximum Gasteiger partial charge on any atom is 0.322 e. The number of carbonyl (C=O) groups excluding carboxylic acids is 2. The van der Waals surface area contributed by atoms with E-state index in [2.05, 4.69) is 15.4 Å². The molecule has 0 aliphatic carbocycles. The molecule has 39 heavy (non-hydrogen) atoms. The number of ether oxygens (including phenoxy) is 2. The first kappa shape index (κ1) is 28.2. The van der Waals surface area contributed by atoms with Gasteiger partial charge in [0.05, 0.1) is 49.2 Å². The monoisotopic (exact) mass is 557 g/mol. The molecule has 210 valence electrons. The number of nitrogens with one attached hydrogen (secondary N) is 3. The average molecular weight is 558 g/mol. The molecule has 1 fully saturated rings. The van der Waals surface area contributed by atoms with Gasteiger partial charge in [0.15, 0.2) is 5.75 Å². The minimum atomic E-state index is -3.61. The molecule has 12 heteroatoms. The van der Waals surface area contributed by atoms with E-state index < -0.39 is 15.9 Å². The molecular formula is C27H35N5O6S. The van der Waals surface area contributed by atoms with E-state index in [4.69, 9.17) is 9.47 Å². The van der Waals surface area contributed by atoms with E-state index in [1.165, 1.54) is 7.11 Å². The number of rotatable bonds is 6. The summed E-state index contributed by atoms with van der Waals surface area (Å²) < 4.78 is 39.1. The Morgan fingerprint density at radius 3 is 2.28 bits per heavy atom. The second kappa shape index (κ2) is 10.8. The van der Waals surface area contributed by atoms with Crippen molar-refractivity contribution in [2.75, 3.05) is 55.0 Å². The van der Waals surface area contributed by atoms with Crippen LogP contribution < -0.4 is 20.1 Å². The van der Waals surface area contributed by atoms with Gasteiger partial charge in [-0.2, -0.15) is 0 Å². The average Bonchev–Trinajstić information content (AvgIpc) is 3.20. The van der Waals surface area contributed by atoms with Crippen LogP contribution in [0.1, 0.15) is 36.8 Å². The number of aryl methyl sites for hydroxylation is 1. The summed E-state index contributed by atoms with van der Waals surface area (Å²) in [6.45, 7) is 7.97. The zero-order valence-electron chi connectivity index (χ0n) is 23.0. The zero-order chi connectivity index (χ0) is 28.5. The summed E-state index contributed by atoms with van der Waals surface area (Å²) >= 11 is 0. The van der Waals surface area contributed by atoms with Gasteiger partial charge in [-0.1, -0.05) is 32.9 Å². The number of urea groups is 1. The van der Waals surface area contributed by atoms with E-state index in [9.17, 15) is 18.0 Å². The normalized spacial score (nSPS) is 14.3. The van der Waals surface area contributed by atoms with Crippen molar-refractivity contribution in [3.63, 3.8) is 0 Å². The van der Waals surface area contributed by atoms with Crippen LogP contribution in [0.25, 0.3) is 10.9 Å². The molecule has 0 bridgehead atoms. The van der Waals surface area contributed by atoms with Gasteiger partial charge >= 0.3 is 6.03 Å². The van der Waals surface area contributed by atoms with Gasteiger partial charge in [0.25, 0.3) is 5.91 Å². The number of benzene rings is 2. The van der Waals surface area contributed by atoms with Crippen LogP contribution in [-0.4, -0.2) is 69.5 Å². The van der Waals surface area contributed by atoms with E-state index in [1.54, 1.807) is 40.8 Å². The number of sulfonamides is 1. The van der Waals surface area contributed by atoms with Gasteiger partial charge in [0.1, 0.15) is 5.69 Å². The smallest absolute Gasteiger partial charge is 0.322 e. The number of morpholine rings is 1. The summed E-state index contributed by atoms with van der Waals surface area (Å²) in [5.74, 6) is -0.229. The highest BCUT2D eigenvalue weighted by Gasteiger charge is 2.24. The number of methoxy groups -OCH3 is 1. The molecule has 1 aromatic heterocycles. The summed E-state index contributed by atoms with van der Waals surface area (Å²) in [5.41, 5.74) is 2.64. The van der Waals surface area contributed by atoms with Crippen molar-refractivity contribution in [1.82, 2.24) is 9.47 Å². The van der Waals surface area contributed by atoms with Crippen LogP contribution in [0, 0.1) is 0 Å². The van der Waals surface area contributed by atoms with Gasteiger partial charge < -0.3 is 29.6 Å². The summed E-state index contributed by atoms with van der Waals surface area (Å²) in [6, 6.07) is 10.5. The molecule has 11 nitrogen and oxygen atoms in total. The molecule has 3 aromatic rings. The van der Waals surface area contributed by atoms with Crippen LogP contribution in [0.5, 0.6) is 5.75 Å². The molecule has 2 aromatic carbocycles. The topological polar surface area (TPSA) is 131 Å². The zero-order valence-corrected chi connectivity index (χ0v) is 23.9. The molecule has 1 aliphatic heterocycles. The number of amides is 3. The fourth-order valence-electron chi connectivity index (χ4n) is 4.53. The van der Waals surface area contributed by atoms with Crippen LogP contribution in [0.2, 0.25) is 0 Å². The number of aromatic nitrogens is 1. The Morgan fingerprint density at radius 1 is 1.00 bits per heavy atom. The Morgan fingerprint density at radius 2 is 1.67 bits per heavy atom. The van der Waals surface area contributed by atoms with Gasteiger partial charge in [-0.05, 0) is 35.2 Å². The van der Waals surface area contributed by atoms with Crippen molar-refractivity contribution >= 4 is 49.9 Å². The lowest BCUT2D eigenvalue weighted by atomic mass is 9.86. The molecule has 0 atom stereocenters. The van der Waals surface area contributed by atoms with Crippen LogP contribution in [0.4, 0.5) is 21.9 Å². The molecule has 2 heterocycles. The van der Waals surface area contributed by atoms with Gasteiger partial charge in [0, 0.05) is 25.5 Å². The lowest BCUT2D eigenvalue weighted by Gasteiger charge is -2.27. The quantitative estimate of drug-likeness (QED) is 0.420. The van der Waals surface area contributed by atoms with E-state index >= 15 is 0 Å². The fraction of sp³-hybridized carbons (Fsp3) is 0.407. The van der Waals surface area contributed by atoms with Gasteiger partial charge in [-0.15, -0.1) is 0 Å². The summed E-state index contributed by atoms with van der Waals surface area (Å²) in [4.78, 5) is 28.1. The third-order valence-electron chi connectivity index (χ3n) is 6.53. The second-order valence-electron chi connectivity index (χ2n) is 10.5. The van der Waals surface area contributed by atoms with Gasteiger partial charge in [-0.25, -0.2) is 13.2 Å². The number of para-hydroxylation sites is 1. The van der Waals surface area contributed by atoms with E-state index in [-0.39, 0.29) is 22.9 Å². The first-order valence-electron chi connectivity index (χ1n) is 12.5. The van der Waals surface area contributed by atoms with Gasteiger partial charge in [-0.3, -0.25) is 9.52 Å². The molecular weight excluding hydrogens is 522 g/mol. The maximum absolute atomic E-state index is 13.6. The largest absolute Gasteiger partial charge is 0.492 e. The summed E-state index contributed by atoms with van der Waals surface area (Å²) in [5, 5.41) is 6.64. The first-order valence-corrected chi connectivity index (χ1v) is 14.4. The van der Waals surface area contributed by atoms with Crippen LogP contribution in [-0.2, 0) is 27.2 Å². The molecule has 3 amide bonds. The second-order valence-corrected chi connectivity index (χ2v) is 12.3. The van der Waals surface area contributed by atoms with Crippen LogP contribution in [0.3, 0.4) is 0 Å². The lowest BCUT2D eigenvalue weighted by Crippen LogP contribution is -2.43. The minimum Gasteiger partial charge on any atom is -0.492 e. The molecule has 0 saturated carbocycles. The highest BCUT2D eigenvalue weighted by atomic mass is 32.2.